The number of nitrogens with one attached hydrogen (secondary N) is 1. The lowest BCUT2D eigenvalue weighted by atomic mass is 10.0. The molecule has 1 aliphatic rings. The first kappa shape index (κ1) is 13.6. The average Bonchev–Trinajstić information content (AvgIpc) is 3.17. The molecule has 0 radical (unpaired) electrons. The molecule has 98 valence electrons. The van der Waals surface area contributed by atoms with Gasteiger partial charge in [0.25, 0.3) is 5.91 Å². The lowest BCUT2D eigenvalue weighted by Crippen LogP contribution is -2.30. The minimum atomic E-state index is 0.0394. The Bertz CT molecular complexity index is 421. The van der Waals surface area contributed by atoms with Crippen LogP contribution < -0.4 is 5.32 Å². The van der Waals surface area contributed by atoms with Gasteiger partial charge in [0.1, 0.15) is 0 Å². The van der Waals surface area contributed by atoms with Gasteiger partial charge in [0, 0.05) is 17.4 Å². The van der Waals surface area contributed by atoms with Crippen LogP contribution in [-0.4, -0.2) is 17.8 Å². The molecule has 0 bridgehead atoms. The van der Waals surface area contributed by atoms with Gasteiger partial charge in [0.15, 0.2) is 0 Å². The lowest BCUT2D eigenvalue weighted by molar-refractivity contribution is 0.0946. The minimum Gasteiger partial charge on any atom is -0.351 e. The number of rotatable bonds is 5. The highest BCUT2D eigenvalue weighted by Gasteiger charge is 2.41. The number of alkyl halides is 1. The topological polar surface area (TPSA) is 29.1 Å². The Morgan fingerprint density at radius 1 is 1.33 bits per heavy atom. The maximum Gasteiger partial charge on any atom is 0.251 e. The van der Waals surface area contributed by atoms with Crippen molar-refractivity contribution in [2.75, 3.05) is 11.9 Å². The third kappa shape index (κ3) is 3.14. The van der Waals surface area contributed by atoms with E-state index in [9.17, 15) is 4.79 Å². The molecule has 0 heterocycles. The molecule has 0 unspecified atom stereocenters. The van der Waals surface area contributed by atoms with Gasteiger partial charge < -0.3 is 5.32 Å². The van der Waals surface area contributed by atoms with E-state index in [1.165, 1.54) is 18.4 Å². The number of halogens is 1. The van der Waals surface area contributed by atoms with E-state index in [1.54, 1.807) is 0 Å². The van der Waals surface area contributed by atoms with Gasteiger partial charge in [-0.15, -0.1) is 0 Å². The van der Waals surface area contributed by atoms with Crippen molar-refractivity contribution in [2.24, 2.45) is 5.41 Å². The molecule has 3 heteroatoms. The summed E-state index contributed by atoms with van der Waals surface area (Å²) in [6, 6.07) is 7.91. The summed E-state index contributed by atoms with van der Waals surface area (Å²) >= 11 is 3.51. The molecule has 0 aliphatic heterocycles. The van der Waals surface area contributed by atoms with Crippen LogP contribution in [0.1, 0.15) is 48.5 Å². The Labute approximate surface area is 117 Å². The molecule has 18 heavy (non-hydrogen) atoms. The van der Waals surface area contributed by atoms with Crippen LogP contribution >= 0.6 is 15.9 Å². The van der Waals surface area contributed by atoms with Gasteiger partial charge in [-0.2, -0.15) is 0 Å². The van der Waals surface area contributed by atoms with Crippen LogP contribution in [0.3, 0.4) is 0 Å². The molecule has 0 saturated heterocycles. The predicted octanol–water partition coefficient (Wildman–Crippen LogP) is 3.71. The molecule has 1 aromatic carbocycles. The summed E-state index contributed by atoms with van der Waals surface area (Å²) in [6.45, 7) is 5.09. The van der Waals surface area contributed by atoms with Crippen LogP contribution in [0.2, 0.25) is 0 Å². The SMILES string of the molecule is CC(C)c1ccc(C(=O)NCC2(CBr)CC2)cc1. The molecule has 0 spiro atoms. The highest BCUT2D eigenvalue weighted by molar-refractivity contribution is 9.09. The van der Waals surface area contributed by atoms with Gasteiger partial charge >= 0.3 is 0 Å². The second-order valence-corrected chi connectivity index (χ2v) is 6.15. The monoisotopic (exact) mass is 309 g/mol. The van der Waals surface area contributed by atoms with E-state index < -0.39 is 0 Å². The van der Waals surface area contributed by atoms with Crippen LogP contribution in [0.4, 0.5) is 0 Å². The van der Waals surface area contributed by atoms with Gasteiger partial charge in [-0.25, -0.2) is 0 Å². The maximum absolute atomic E-state index is 12.0. The van der Waals surface area contributed by atoms with Crippen LogP contribution in [-0.2, 0) is 0 Å². The first-order chi connectivity index (χ1) is 8.56. The molecule has 1 saturated carbocycles. The first-order valence-electron chi connectivity index (χ1n) is 6.50. The molecule has 1 fully saturated rings. The van der Waals surface area contributed by atoms with Crippen molar-refractivity contribution in [2.45, 2.75) is 32.6 Å². The van der Waals surface area contributed by atoms with Gasteiger partial charge in [-0.3, -0.25) is 4.79 Å². The van der Waals surface area contributed by atoms with Crippen LogP contribution in [0, 0.1) is 5.41 Å². The zero-order chi connectivity index (χ0) is 13.2. The van der Waals surface area contributed by atoms with Crippen LogP contribution in [0.15, 0.2) is 24.3 Å². The van der Waals surface area contributed by atoms with E-state index in [-0.39, 0.29) is 5.91 Å². The smallest absolute Gasteiger partial charge is 0.251 e. The van der Waals surface area contributed by atoms with Crippen molar-refractivity contribution in [1.29, 1.82) is 0 Å². The van der Waals surface area contributed by atoms with E-state index in [0.717, 1.165) is 17.4 Å². The predicted molar refractivity (Wildman–Crippen MR) is 78.3 cm³/mol. The zero-order valence-electron chi connectivity index (χ0n) is 11.0. The summed E-state index contributed by atoms with van der Waals surface area (Å²) < 4.78 is 0. The van der Waals surface area contributed by atoms with Crippen molar-refractivity contribution in [3.8, 4) is 0 Å². The Morgan fingerprint density at radius 2 is 1.94 bits per heavy atom. The van der Waals surface area contributed by atoms with Gasteiger partial charge in [-0.1, -0.05) is 41.9 Å². The fourth-order valence-electron chi connectivity index (χ4n) is 1.92. The minimum absolute atomic E-state index is 0.0394. The summed E-state index contributed by atoms with van der Waals surface area (Å²) in [4.78, 5) is 12.0. The molecular formula is C15H20BrNO. The zero-order valence-corrected chi connectivity index (χ0v) is 12.6. The van der Waals surface area contributed by atoms with Crippen molar-refractivity contribution in [1.82, 2.24) is 5.32 Å². The normalized spacial score (nSPS) is 16.7. The standard InChI is InChI=1S/C15H20BrNO/c1-11(2)12-3-5-13(6-4-12)14(18)17-10-15(9-16)7-8-15/h3-6,11H,7-10H2,1-2H3,(H,17,18). The molecule has 1 amide bonds. The fourth-order valence-corrected chi connectivity index (χ4v) is 2.68. The second-order valence-electron chi connectivity index (χ2n) is 5.59. The van der Waals surface area contributed by atoms with Crippen LogP contribution in [0.5, 0.6) is 0 Å². The van der Waals surface area contributed by atoms with Crippen molar-refractivity contribution < 1.29 is 4.79 Å². The Balaban J connectivity index is 1.92. The third-order valence-corrected chi connectivity index (χ3v) is 4.89. The lowest BCUT2D eigenvalue weighted by Gasteiger charge is -2.13. The van der Waals surface area contributed by atoms with Crippen molar-refractivity contribution in [3.63, 3.8) is 0 Å². The Morgan fingerprint density at radius 3 is 2.39 bits per heavy atom. The second kappa shape index (κ2) is 5.43. The third-order valence-electron chi connectivity index (χ3n) is 3.70. The molecule has 2 nitrogen and oxygen atoms in total. The van der Waals surface area contributed by atoms with Crippen molar-refractivity contribution >= 4 is 21.8 Å². The summed E-state index contributed by atoms with van der Waals surface area (Å²) in [7, 11) is 0. The van der Waals surface area contributed by atoms with Gasteiger partial charge in [-0.05, 0) is 41.9 Å². The summed E-state index contributed by atoms with van der Waals surface area (Å²) in [5.41, 5.74) is 2.35. The number of carbonyl (C=O) groups is 1. The molecule has 1 aliphatic carbocycles. The first-order valence-corrected chi connectivity index (χ1v) is 7.63. The van der Waals surface area contributed by atoms with E-state index >= 15 is 0 Å². The Kier molecular flexibility index (Phi) is 4.10. The van der Waals surface area contributed by atoms with Gasteiger partial charge in [0.05, 0.1) is 0 Å². The largest absolute Gasteiger partial charge is 0.351 e. The molecule has 0 atom stereocenters. The van der Waals surface area contributed by atoms with E-state index in [0.29, 0.717) is 11.3 Å². The summed E-state index contributed by atoms with van der Waals surface area (Å²) in [5.74, 6) is 0.544. The molecular weight excluding hydrogens is 290 g/mol. The molecule has 1 aromatic rings. The fraction of sp³-hybridized carbons (Fsp3) is 0.533. The highest BCUT2D eigenvalue weighted by Crippen LogP contribution is 2.46. The highest BCUT2D eigenvalue weighted by atomic mass is 79.9. The van der Waals surface area contributed by atoms with Gasteiger partial charge in [0.2, 0.25) is 0 Å². The number of benzene rings is 1. The van der Waals surface area contributed by atoms with Crippen LogP contribution in [0.25, 0.3) is 0 Å². The van der Waals surface area contributed by atoms with E-state index in [2.05, 4.69) is 35.1 Å². The summed E-state index contributed by atoms with van der Waals surface area (Å²) in [6.07, 6.45) is 2.43. The number of carbonyl (C=O) groups excluding carboxylic acids is 1. The molecule has 2 rings (SSSR count). The van der Waals surface area contributed by atoms with E-state index in [4.69, 9.17) is 0 Å². The number of hydrogen-bond acceptors (Lipinski definition) is 1. The number of hydrogen-bond donors (Lipinski definition) is 1. The average molecular weight is 310 g/mol. The van der Waals surface area contributed by atoms with Crippen molar-refractivity contribution in [3.05, 3.63) is 35.4 Å². The molecule has 1 N–H and O–H groups in total. The molecule has 0 aromatic heterocycles. The van der Waals surface area contributed by atoms with E-state index in [1.807, 2.05) is 24.3 Å². The Hall–Kier alpha value is -0.830. The maximum atomic E-state index is 12.0. The quantitative estimate of drug-likeness (QED) is 0.825. The number of amides is 1. The summed E-state index contributed by atoms with van der Waals surface area (Å²) in [5, 5.41) is 4.01.